The average Bonchev–Trinajstić information content (AvgIpc) is 2.26. The highest BCUT2D eigenvalue weighted by molar-refractivity contribution is 5.68. The van der Waals surface area contributed by atoms with Gasteiger partial charge >= 0.3 is 0 Å². The molecule has 1 aromatic carbocycles. The van der Waals surface area contributed by atoms with E-state index in [4.69, 9.17) is 0 Å². The number of rotatable bonds is 6. The van der Waals surface area contributed by atoms with Crippen LogP contribution < -0.4 is 5.11 Å². The van der Waals surface area contributed by atoms with E-state index in [0.717, 1.165) is 17.5 Å². The van der Waals surface area contributed by atoms with E-state index in [0.29, 0.717) is 5.92 Å². The molecule has 1 atom stereocenters. The van der Waals surface area contributed by atoms with Gasteiger partial charge in [0.2, 0.25) is 0 Å². The molecule has 88 valence electrons. The molecule has 0 amide bonds. The van der Waals surface area contributed by atoms with Crippen LogP contribution in [0.5, 0.6) is 0 Å². The smallest absolute Gasteiger partial charge is 0.0458 e. The highest BCUT2D eigenvalue weighted by Crippen LogP contribution is 2.24. The van der Waals surface area contributed by atoms with Crippen LogP contribution in [0.1, 0.15) is 50.2 Å². The lowest BCUT2D eigenvalue weighted by Crippen LogP contribution is -2.25. The van der Waals surface area contributed by atoms with Crippen LogP contribution in [-0.4, -0.2) is 5.97 Å². The molecule has 0 aliphatic carbocycles. The topological polar surface area (TPSA) is 40.1 Å². The van der Waals surface area contributed by atoms with Crippen LogP contribution in [0.2, 0.25) is 0 Å². The zero-order chi connectivity index (χ0) is 12.0. The van der Waals surface area contributed by atoms with Crippen molar-refractivity contribution in [1.82, 2.24) is 0 Å². The Kier molecular flexibility index (Phi) is 5.03. The van der Waals surface area contributed by atoms with E-state index in [1.165, 1.54) is 12.8 Å². The van der Waals surface area contributed by atoms with Crippen LogP contribution in [0.4, 0.5) is 0 Å². The third-order valence-corrected chi connectivity index (χ3v) is 2.91. The van der Waals surface area contributed by atoms with Gasteiger partial charge in [-0.2, -0.15) is 0 Å². The number of hydrogen-bond donors (Lipinski definition) is 0. The van der Waals surface area contributed by atoms with Crippen molar-refractivity contribution in [3.63, 3.8) is 0 Å². The summed E-state index contributed by atoms with van der Waals surface area (Å²) in [7, 11) is 0. The van der Waals surface area contributed by atoms with E-state index in [-0.39, 0.29) is 6.42 Å². The van der Waals surface area contributed by atoms with Crippen LogP contribution >= 0.6 is 0 Å². The van der Waals surface area contributed by atoms with Crippen molar-refractivity contribution in [2.45, 2.75) is 45.4 Å². The van der Waals surface area contributed by atoms with E-state index in [1.807, 2.05) is 24.3 Å². The average molecular weight is 219 g/mol. The van der Waals surface area contributed by atoms with Crippen molar-refractivity contribution in [3.05, 3.63) is 35.4 Å². The summed E-state index contributed by atoms with van der Waals surface area (Å²) in [6, 6.07) is 7.76. The van der Waals surface area contributed by atoms with Gasteiger partial charge in [0.25, 0.3) is 0 Å². The molecule has 0 radical (unpaired) electrons. The predicted molar refractivity (Wildman–Crippen MR) is 63.1 cm³/mol. The van der Waals surface area contributed by atoms with Gasteiger partial charge in [0, 0.05) is 12.4 Å². The Morgan fingerprint density at radius 3 is 2.69 bits per heavy atom. The molecule has 2 nitrogen and oxygen atoms in total. The fourth-order valence-corrected chi connectivity index (χ4v) is 2.00. The third-order valence-electron chi connectivity index (χ3n) is 2.91. The quantitative estimate of drug-likeness (QED) is 0.736. The number of aliphatic carboxylic acids is 1. The monoisotopic (exact) mass is 219 g/mol. The summed E-state index contributed by atoms with van der Waals surface area (Å²) in [6.07, 6.45) is 3.49. The lowest BCUT2D eigenvalue weighted by atomic mass is 9.90. The van der Waals surface area contributed by atoms with Gasteiger partial charge < -0.3 is 9.90 Å². The van der Waals surface area contributed by atoms with Crippen molar-refractivity contribution in [1.29, 1.82) is 0 Å². The van der Waals surface area contributed by atoms with Crippen LogP contribution in [0.3, 0.4) is 0 Å². The van der Waals surface area contributed by atoms with Gasteiger partial charge in [-0.05, 0) is 23.5 Å². The summed E-state index contributed by atoms with van der Waals surface area (Å²) in [5.74, 6) is -0.578. The molecule has 0 bridgehead atoms. The molecule has 0 N–H and O–H groups in total. The van der Waals surface area contributed by atoms with Gasteiger partial charge in [0.15, 0.2) is 0 Å². The van der Waals surface area contributed by atoms with Gasteiger partial charge in [0.05, 0.1) is 0 Å². The summed E-state index contributed by atoms with van der Waals surface area (Å²) in [6.45, 7) is 4.32. The van der Waals surface area contributed by atoms with Crippen molar-refractivity contribution in [2.24, 2.45) is 0 Å². The number of hydrogen-bond acceptors (Lipinski definition) is 2. The van der Waals surface area contributed by atoms with Gasteiger partial charge in [0.1, 0.15) is 0 Å². The Labute approximate surface area is 97.3 Å². The van der Waals surface area contributed by atoms with E-state index in [9.17, 15) is 9.90 Å². The maximum Gasteiger partial charge on any atom is 0.0458 e. The van der Waals surface area contributed by atoms with E-state index in [1.54, 1.807) is 0 Å². The molecule has 2 heteroatoms. The van der Waals surface area contributed by atoms with E-state index >= 15 is 0 Å². The summed E-state index contributed by atoms with van der Waals surface area (Å²) in [4.78, 5) is 10.6. The molecule has 0 saturated carbocycles. The van der Waals surface area contributed by atoms with Crippen LogP contribution in [0.25, 0.3) is 0 Å². The second-order valence-electron chi connectivity index (χ2n) is 4.29. The van der Waals surface area contributed by atoms with Gasteiger partial charge in [-0.1, -0.05) is 51.0 Å². The maximum atomic E-state index is 10.6. The minimum absolute atomic E-state index is 0.0205. The molecule has 0 unspecified atom stereocenters. The van der Waals surface area contributed by atoms with Crippen molar-refractivity contribution in [3.8, 4) is 0 Å². The highest BCUT2D eigenvalue weighted by Gasteiger charge is 2.09. The fraction of sp³-hybridized carbons (Fsp3) is 0.500. The molecule has 0 aliphatic heterocycles. The summed E-state index contributed by atoms with van der Waals surface area (Å²) < 4.78 is 0. The SMILES string of the molecule is CCCC[C@@H](C)c1ccccc1CC(=O)[O-]. The maximum absolute atomic E-state index is 10.6. The second kappa shape index (κ2) is 6.31. The molecule has 0 fully saturated rings. The molecule has 16 heavy (non-hydrogen) atoms. The summed E-state index contributed by atoms with van der Waals surface area (Å²) >= 11 is 0. The number of carbonyl (C=O) groups is 1. The van der Waals surface area contributed by atoms with Crippen LogP contribution in [0, 0.1) is 0 Å². The Bertz CT molecular complexity index is 344. The zero-order valence-electron chi connectivity index (χ0n) is 10.0. The molecule has 1 aromatic rings. The number of carboxylic acids is 1. The molecule has 0 aliphatic rings. The standard InChI is InChI=1S/C14H20O2/c1-3-4-7-11(2)13-9-6-5-8-12(13)10-14(15)16/h5-6,8-9,11H,3-4,7,10H2,1-2H3,(H,15,16)/p-1/t11-/m1/s1. The minimum atomic E-state index is -1.00. The van der Waals surface area contributed by atoms with E-state index < -0.39 is 5.97 Å². The van der Waals surface area contributed by atoms with E-state index in [2.05, 4.69) is 13.8 Å². The van der Waals surface area contributed by atoms with Crippen LogP contribution in [-0.2, 0) is 11.2 Å². The lowest BCUT2D eigenvalue weighted by molar-refractivity contribution is -0.304. The van der Waals surface area contributed by atoms with Gasteiger partial charge in [-0.15, -0.1) is 0 Å². The first-order chi connectivity index (χ1) is 7.65. The van der Waals surface area contributed by atoms with Gasteiger partial charge in [-0.3, -0.25) is 0 Å². The first-order valence-electron chi connectivity index (χ1n) is 5.92. The molecule has 0 heterocycles. The van der Waals surface area contributed by atoms with Crippen molar-refractivity contribution >= 4 is 5.97 Å². The number of benzene rings is 1. The normalized spacial score (nSPS) is 12.4. The largest absolute Gasteiger partial charge is 0.550 e. The Hall–Kier alpha value is -1.31. The summed E-state index contributed by atoms with van der Waals surface area (Å²) in [5, 5.41) is 10.6. The minimum Gasteiger partial charge on any atom is -0.550 e. The summed E-state index contributed by atoms with van der Waals surface area (Å²) in [5.41, 5.74) is 2.05. The fourth-order valence-electron chi connectivity index (χ4n) is 2.00. The number of carboxylic acid groups (broad SMARTS) is 1. The number of unbranched alkanes of at least 4 members (excludes halogenated alkanes) is 1. The molecular formula is C14H19O2-. The molecule has 0 spiro atoms. The Morgan fingerprint density at radius 1 is 1.38 bits per heavy atom. The van der Waals surface area contributed by atoms with Crippen molar-refractivity contribution < 1.29 is 9.90 Å². The third kappa shape index (κ3) is 3.69. The zero-order valence-corrected chi connectivity index (χ0v) is 10.0. The van der Waals surface area contributed by atoms with Crippen molar-refractivity contribution in [2.75, 3.05) is 0 Å². The van der Waals surface area contributed by atoms with Crippen LogP contribution in [0.15, 0.2) is 24.3 Å². The first-order valence-corrected chi connectivity index (χ1v) is 5.92. The molecule has 1 rings (SSSR count). The van der Waals surface area contributed by atoms with Gasteiger partial charge in [-0.25, -0.2) is 0 Å². The lowest BCUT2D eigenvalue weighted by Gasteiger charge is -2.16. The highest BCUT2D eigenvalue weighted by atomic mass is 16.4. The number of carbonyl (C=O) groups excluding carboxylic acids is 1. The molecule has 0 aromatic heterocycles. The Balaban J connectivity index is 2.80. The molecular weight excluding hydrogens is 200 g/mol. The second-order valence-corrected chi connectivity index (χ2v) is 4.29. The Morgan fingerprint density at radius 2 is 2.06 bits per heavy atom. The predicted octanol–water partition coefficient (Wildman–Crippen LogP) is 2.27. The molecule has 0 saturated heterocycles. The first kappa shape index (κ1) is 12.8.